The van der Waals surface area contributed by atoms with Crippen LogP contribution in [0, 0.1) is 13.8 Å². The fourth-order valence-electron chi connectivity index (χ4n) is 4.99. The first-order valence-corrected chi connectivity index (χ1v) is 16.4. The number of carbonyl (C=O) groups is 3. The summed E-state index contributed by atoms with van der Waals surface area (Å²) in [7, 11) is 2.02. The number of aromatic nitrogens is 1. The van der Waals surface area contributed by atoms with Crippen LogP contribution in [0.15, 0.2) is 58.9 Å². The van der Waals surface area contributed by atoms with Gasteiger partial charge in [-0.1, -0.05) is 34.1 Å². The smallest absolute Gasteiger partial charge is 0.251 e. The van der Waals surface area contributed by atoms with Crippen molar-refractivity contribution in [1.29, 1.82) is 0 Å². The van der Waals surface area contributed by atoms with Crippen LogP contribution >= 0.6 is 27.3 Å². The molecule has 0 saturated heterocycles. The zero-order valence-electron chi connectivity index (χ0n) is 25.2. The largest absolute Gasteiger partial charge is 0.366 e. The Hall–Kier alpha value is -4.15. The van der Waals surface area contributed by atoms with Gasteiger partial charge in [-0.05, 0) is 78.9 Å². The molecule has 0 spiro atoms. The van der Waals surface area contributed by atoms with Crippen LogP contribution in [-0.4, -0.2) is 52.7 Å². The van der Waals surface area contributed by atoms with Crippen molar-refractivity contribution in [1.82, 2.24) is 20.5 Å². The highest BCUT2D eigenvalue weighted by Crippen LogP contribution is 2.29. The van der Waals surface area contributed by atoms with Crippen molar-refractivity contribution in [3.05, 3.63) is 103 Å². The second-order valence-electron chi connectivity index (χ2n) is 10.9. The molecule has 4 aromatic rings. The van der Waals surface area contributed by atoms with Crippen LogP contribution in [0.25, 0.3) is 11.3 Å². The number of amides is 2. The monoisotopic (exact) mass is 671 g/mol. The average Bonchev–Trinajstić information content (AvgIpc) is 3.76. The zero-order chi connectivity index (χ0) is 31.4. The van der Waals surface area contributed by atoms with Crippen LogP contribution < -0.4 is 10.6 Å². The number of rotatable bonds is 8. The number of Topliss-reactive ketones (excluding diaryl/α,β-unsaturated/α-hetero) is 1. The normalized spacial score (nSPS) is 13.2. The Kier molecular flexibility index (Phi) is 9.71. The summed E-state index contributed by atoms with van der Waals surface area (Å²) in [5.74, 6) is -0.0135. The Bertz CT molecular complexity index is 1780. The summed E-state index contributed by atoms with van der Waals surface area (Å²) in [4.78, 5) is 45.9. The molecule has 2 aliphatic rings. The number of carbonyl (C=O) groups excluding carboxylic acids is 3. The van der Waals surface area contributed by atoms with Crippen molar-refractivity contribution in [2.75, 3.05) is 18.9 Å². The molecule has 2 aliphatic heterocycles. The minimum atomic E-state index is -0.0576. The predicted molar refractivity (Wildman–Crippen MR) is 180 cm³/mol. The molecule has 0 atom stereocenters. The van der Waals surface area contributed by atoms with E-state index in [4.69, 9.17) is 4.98 Å². The maximum atomic E-state index is 11.8. The van der Waals surface area contributed by atoms with Gasteiger partial charge in [0.2, 0.25) is 0 Å². The molecule has 8 nitrogen and oxygen atoms in total. The van der Waals surface area contributed by atoms with Gasteiger partial charge in [0.25, 0.3) is 11.8 Å². The molecule has 0 fully saturated rings. The van der Waals surface area contributed by atoms with E-state index in [0.29, 0.717) is 29.5 Å². The first-order chi connectivity index (χ1) is 21.2. The highest BCUT2D eigenvalue weighted by atomic mass is 79.9. The summed E-state index contributed by atoms with van der Waals surface area (Å²) < 4.78 is 0. The first kappa shape index (κ1) is 31.3. The van der Waals surface area contributed by atoms with Crippen LogP contribution in [-0.2, 0) is 19.5 Å². The van der Waals surface area contributed by atoms with Crippen molar-refractivity contribution in [2.24, 2.45) is 4.99 Å². The van der Waals surface area contributed by atoms with Crippen LogP contribution in [0.2, 0.25) is 0 Å². The molecule has 0 bridgehead atoms. The lowest BCUT2D eigenvalue weighted by atomic mass is 10.0. The fourth-order valence-corrected chi connectivity index (χ4v) is 6.14. The summed E-state index contributed by atoms with van der Waals surface area (Å²) in [5.41, 5.74) is 10.8. The second kappa shape index (κ2) is 13.7. The van der Waals surface area contributed by atoms with Gasteiger partial charge in [-0.2, -0.15) is 0 Å². The van der Waals surface area contributed by atoms with Gasteiger partial charge in [-0.15, -0.1) is 11.3 Å². The molecular formula is C34H34BrN5O3S. The third-order valence-electron chi connectivity index (χ3n) is 7.76. The summed E-state index contributed by atoms with van der Waals surface area (Å²) in [6.45, 7) is 8.40. The molecule has 44 heavy (non-hydrogen) atoms. The standard InChI is InChI=1S/C24H26N4OS.C10H8BrNO2/c1-5-28(4)14-26-21-9-15(2)18(8-16(21)3)11-23-27-22(13-30-23)17-6-7-20-19(10-17)12-25-24(20)29;11-4-9(13)6-1-2-8-7(3-6)5-12-10(8)14/h6-10,13-14H,5,11-12H2,1-4H3,(H,25,29);1-3H,4-5H2,(H,12,14). The van der Waals surface area contributed by atoms with E-state index >= 15 is 0 Å². The van der Waals surface area contributed by atoms with Gasteiger partial charge in [-0.3, -0.25) is 14.4 Å². The summed E-state index contributed by atoms with van der Waals surface area (Å²) >= 11 is 4.79. The lowest BCUT2D eigenvalue weighted by Gasteiger charge is -2.11. The van der Waals surface area contributed by atoms with Gasteiger partial charge in [0.1, 0.15) is 0 Å². The number of thiazole rings is 1. The van der Waals surface area contributed by atoms with Gasteiger partial charge in [0, 0.05) is 60.7 Å². The van der Waals surface area contributed by atoms with E-state index < -0.39 is 0 Å². The summed E-state index contributed by atoms with van der Waals surface area (Å²) in [5, 5.41) is 9.07. The average molecular weight is 673 g/mol. The number of aryl methyl sites for hydroxylation is 2. The van der Waals surface area contributed by atoms with E-state index in [1.54, 1.807) is 29.5 Å². The molecule has 0 radical (unpaired) electrons. The van der Waals surface area contributed by atoms with Gasteiger partial charge in [0.15, 0.2) is 5.78 Å². The Morgan fingerprint density at radius 1 is 1.00 bits per heavy atom. The molecule has 6 rings (SSSR count). The SMILES string of the molecule is CCN(C)C=Nc1cc(C)c(Cc2nc(-c3ccc4c(c3)CNC4=O)cs2)cc1C.O=C(CBr)c1ccc2c(c1)CNC2=O. The van der Waals surface area contributed by atoms with Gasteiger partial charge in [-0.25, -0.2) is 9.98 Å². The fraction of sp³-hybridized carbons (Fsp3) is 0.265. The molecule has 226 valence electrons. The van der Waals surface area contributed by atoms with Crippen LogP contribution in [0.3, 0.4) is 0 Å². The number of alkyl halides is 1. The van der Waals surface area contributed by atoms with Crippen LogP contribution in [0.4, 0.5) is 5.69 Å². The third kappa shape index (κ3) is 6.97. The van der Waals surface area contributed by atoms with E-state index in [-0.39, 0.29) is 17.6 Å². The highest BCUT2D eigenvalue weighted by Gasteiger charge is 2.20. The predicted octanol–water partition coefficient (Wildman–Crippen LogP) is 6.38. The van der Waals surface area contributed by atoms with Gasteiger partial charge >= 0.3 is 0 Å². The number of hydrogen-bond donors (Lipinski definition) is 2. The number of aliphatic imine (C=N–C) groups is 1. The molecular weight excluding hydrogens is 638 g/mol. The molecule has 0 saturated carbocycles. The Morgan fingerprint density at radius 2 is 1.68 bits per heavy atom. The van der Waals surface area contributed by atoms with Crippen molar-refractivity contribution in [2.45, 2.75) is 40.3 Å². The molecule has 2 N–H and O–H groups in total. The Morgan fingerprint density at radius 3 is 2.36 bits per heavy atom. The lowest BCUT2D eigenvalue weighted by molar-refractivity contribution is 0.0957. The topological polar surface area (TPSA) is 104 Å². The van der Waals surface area contributed by atoms with E-state index in [0.717, 1.165) is 51.6 Å². The van der Waals surface area contributed by atoms with E-state index in [1.807, 2.05) is 25.5 Å². The molecule has 0 aliphatic carbocycles. The lowest BCUT2D eigenvalue weighted by Crippen LogP contribution is -2.14. The van der Waals surface area contributed by atoms with Crippen LogP contribution in [0.5, 0.6) is 0 Å². The molecule has 2 amide bonds. The first-order valence-electron chi connectivity index (χ1n) is 14.4. The molecule has 3 aromatic carbocycles. The molecule has 3 heterocycles. The van der Waals surface area contributed by atoms with Crippen molar-refractivity contribution in [3.8, 4) is 11.3 Å². The number of benzene rings is 3. The molecule has 1 aromatic heterocycles. The number of ketones is 1. The summed E-state index contributed by atoms with van der Waals surface area (Å²) in [6, 6.07) is 15.5. The summed E-state index contributed by atoms with van der Waals surface area (Å²) in [6.07, 6.45) is 2.69. The second-order valence-corrected chi connectivity index (χ2v) is 12.4. The minimum absolute atomic E-state index is 0.00971. The van der Waals surface area contributed by atoms with E-state index in [9.17, 15) is 14.4 Å². The van der Waals surface area contributed by atoms with Crippen LogP contribution in [0.1, 0.15) is 70.8 Å². The quantitative estimate of drug-likeness (QED) is 0.0979. The third-order valence-corrected chi connectivity index (χ3v) is 9.12. The Labute approximate surface area is 269 Å². The number of nitrogens with zero attached hydrogens (tertiary/aromatic N) is 3. The minimum Gasteiger partial charge on any atom is -0.366 e. The van der Waals surface area contributed by atoms with Crippen molar-refractivity contribution >= 4 is 56.9 Å². The number of halogens is 1. The van der Waals surface area contributed by atoms with E-state index in [1.165, 1.54) is 16.7 Å². The van der Waals surface area contributed by atoms with Crippen molar-refractivity contribution < 1.29 is 14.4 Å². The Balaban J connectivity index is 0.000000229. The van der Waals surface area contributed by atoms with E-state index in [2.05, 4.69) is 80.8 Å². The molecule has 10 heteroatoms. The molecule has 0 unspecified atom stereocenters. The number of nitrogens with one attached hydrogen (secondary N) is 2. The maximum Gasteiger partial charge on any atom is 0.251 e. The number of fused-ring (bicyclic) bond motifs is 2. The van der Waals surface area contributed by atoms with Gasteiger partial charge < -0.3 is 15.5 Å². The number of hydrogen-bond acceptors (Lipinski definition) is 6. The zero-order valence-corrected chi connectivity index (χ0v) is 27.6. The maximum absolute atomic E-state index is 11.8. The van der Waals surface area contributed by atoms with Gasteiger partial charge in [0.05, 0.1) is 28.1 Å². The highest BCUT2D eigenvalue weighted by molar-refractivity contribution is 9.09. The van der Waals surface area contributed by atoms with Crippen molar-refractivity contribution in [3.63, 3.8) is 0 Å².